The Morgan fingerprint density at radius 2 is 0.632 bits per heavy atom. The second-order valence-corrected chi connectivity index (χ2v) is 6.27. The normalized spacial score (nSPS) is 14.5. The third-order valence-corrected chi connectivity index (χ3v) is 2.10. The predicted octanol–water partition coefficient (Wildman–Crippen LogP) is 8.01. The molecule has 0 amide bonds. The Balaban J connectivity index is -0.000000171. The van der Waals surface area contributed by atoms with Gasteiger partial charge >= 0.3 is 0 Å². The SMILES string of the molecule is C1CC1.C1CCCC1.CC(C)C.CCC.CCCC. The molecule has 0 atom stereocenters. The van der Waals surface area contributed by atoms with E-state index in [1.165, 1.54) is 70.6 Å². The van der Waals surface area contributed by atoms with Gasteiger partial charge in [0.15, 0.2) is 0 Å². The number of unbranched alkanes of at least 4 members (excludes halogenated alkanes) is 1. The van der Waals surface area contributed by atoms with Gasteiger partial charge in [0.05, 0.1) is 0 Å². The van der Waals surface area contributed by atoms with Crippen molar-refractivity contribution in [3.63, 3.8) is 0 Å². The molecule has 0 aromatic rings. The number of hydrogen-bond acceptors (Lipinski definition) is 0. The average molecular weight is 273 g/mol. The zero-order chi connectivity index (χ0) is 15.4. The summed E-state index contributed by atoms with van der Waals surface area (Å²) in [7, 11) is 0. The molecule has 0 aliphatic heterocycles. The summed E-state index contributed by atoms with van der Waals surface area (Å²) in [6.07, 6.45) is 15.9. The Kier molecular flexibility index (Phi) is 33.6. The summed E-state index contributed by atoms with van der Waals surface area (Å²) >= 11 is 0. The smallest absolute Gasteiger partial charge is 0.0500 e. The molecule has 0 aromatic carbocycles. The van der Waals surface area contributed by atoms with Crippen LogP contribution in [0.2, 0.25) is 0 Å². The van der Waals surface area contributed by atoms with E-state index in [0.717, 1.165) is 5.92 Å². The summed E-state index contributed by atoms with van der Waals surface area (Å²) in [5, 5.41) is 0. The quantitative estimate of drug-likeness (QED) is 0.453. The molecule has 2 fully saturated rings. The minimum absolute atomic E-state index is 0.833. The molecule has 2 aliphatic carbocycles. The molecule has 2 saturated carbocycles. The van der Waals surface area contributed by atoms with Gasteiger partial charge in [-0.15, -0.1) is 0 Å². The summed E-state index contributed by atoms with van der Waals surface area (Å²) in [6.45, 7) is 15.1. The van der Waals surface area contributed by atoms with E-state index in [1.54, 1.807) is 0 Å². The van der Waals surface area contributed by atoms with E-state index < -0.39 is 0 Å². The van der Waals surface area contributed by atoms with Crippen LogP contribution in [0.15, 0.2) is 0 Å². The van der Waals surface area contributed by atoms with Crippen LogP contribution in [0.4, 0.5) is 0 Å². The van der Waals surface area contributed by atoms with Gasteiger partial charge < -0.3 is 0 Å². The third-order valence-electron chi connectivity index (χ3n) is 2.10. The fraction of sp³-hybridized carbons (Fsp3) is 1.00. The summed E-state index contributed by atoms with van der Waals surface area (Å²) < 4.78 is 0. The average Bonchev–Trinajstić information content (AvgIpc) is 3.12. The van der Waals surface area contributed by atoms with Crippen LogP contribution in [-0.2, 0) is 0 Å². The monoisotopic (exact) mass is 272 g/mol. The molecule has 0 saturated heterocycles. The molecule has 0 spiro atoms. The summed E-state index contributed by atoms with van der Waals surface area (Å²) in [5.74, 6) is 0.833. The van der Waals surface area contributed by atoms with Gasteiger partial charge in [-0.3, -0.25) is 0 Å². The van der Waals surface area contributed by atoms with E-state index in [4.69, 9.17) is 0 Å². The first-order valence-corrected chi connectivity index (χ1v) is 9.06. The van der Waals surface area contributed by atoms with Crippen LogP contribution in [0.1, 0.15) is 119 Å². The van der Waals surface area contributed by atoms with Gasteiger partial charge in [-0.25, -0.2) is 0 Å². The topological polar surface area (TPSA) is 0 Å². The molecular formula is C19H44. The van der Waals surface area contributed by atoms with Crippen molar-refractivity contribution in [2.24, 2.45) is 5.92 Å². The largest absolute Gasteiger partial charge is 0.0656 e. The van der Waals surface area contributed by atoms with Crippen LogP contribution in [0.5, 0.6) is 0 Å². The van der Waals surface area contributed by atoms with Crippen molar-refractivity contribution in [3.05, 3.63) is 0 Å². The van der Waals surface area contributed by atoms with E-state index in [0.29, 0.717) is 0 Å². The molecule has 0 heteroatoms. The van der Waals surface area contributed by atoms with Crippen molar-refractivity contribution in [1.82, 2.24) is 0 Å². The van der Waals surface area contributed by atoms with E-state index in [2.05, 4.69) is 48.5 Å². The highest BCUT2D eigenvalue weighted by atomic mass is 14.0. The zero-order valence-electron chi connectivity index (χ0n) is 15.4. The highest BCUT2D eigenvalue weighted by Crippen LogP contribution is 2.15. The fourth-order valence-electron chi connectivity index (χ4n) is 0.884. The van der Waals surface area contributed by atoms with E-state index in [1.807, 2.05) is 0 Å². The molecule has 0 radical (unpaired) electrons. The molecule has 0 N–H and O–H groups in total. The van der Waals surface area contributed by atoms with Crippen LogP contribution in [-0.4, -0.2) is 0 Å². The van der Waals surface area contributed by atoms with Crippen LogP contribution in [0, 0.1) is 5.92 Å². The number of hydrogen-bond donors (Lipinski definition) is 0. The van der Waals surface area contributed by atoms with Gasteiger partial charge in [-0.05, 0) is 5.92 Å². The third kappa shape index (κ3) is 94.0. The van der Waals surface area contributed by atoms with Crippen LogP contribution in [0.3, 0.4) is 0 Å². The van der Waals surface area contributed by atoms with Gasteiger partial charge in [-0.2, -0.15) is 0 Å². The van der Waals surface area contributed by atoms with Gasteiger partial charge in [-0.1, -0.05) is 119 Å². The lowest BCUT2D eigenvalue weighted by Gasteiger charge is -1.79. The van der Waals surface area contributed by atoms with E-state index in [9.17, 15) is 0 Å². The van der Waals surface area contributed by atoms with E-state index in [-0.39, 0.29) is 0 Å². The van der Waals surface area contributed by atoms with Crippen LogP contribution >= 0.6 is 0 Å². The zero-order valence-corrected chi connectivity index (χ0v) is 15.4. The minimum atomic E-state index is 0.833. The molecule has 0 heterocycles. The number of rotatable bonds is 1. The first kappa shape index (κ1) is 24.0. The maximum absolute atomic E-state index is 2.18. The van der Waals surface area contributed by atoms with Gasteiger partial charge in [0.1, 0.15) is 0 Å². The maximum atomic E-state index is 2.18. The highest BCUT2D eigenvalue weighted by Gasteiger charge is 1.95. The Labute approximate surface area is 125 Å². The first-order chi connectivity index (χ1) is 9.06. The molecule has 0 bridgehead atoms. The Hall–Kier alpha value is 0. The molecule has 0 nitrogen and oxygen atoms in total. The van der Waals surface area contributed by atoms with Gasteiger partial charge in [0, 0.05) is 0 Å². The Morgan fingerprint density at radius 3 is 0.684 bits per heavy atom. The molecule has 2 aliphatic rings. The van der Waals surface area contributed by atoms with Crippen molar-refractivity contribution in [3.8, 4) is 0 Å². The lowest BCUT2D eigenvalue weighted by Crippen LogP contribution is -1.66. The minimum Gasteiger partial charge on any atom is -0.0656 e. The summed E-state index contributed by atoms with van der Waals surface area (Å²) in [4.78, 5) is 0. The van der Waals surface area contributed by atoms with Crippen molar-refractivity contribution in [2.45, 2.75) is 119 Å². The summed E-state index contributed by atoms with van der Waals surface area (Å²) in [6, 6.07) is 0. The lowest BCUT2D eigenvalue weighted by molar-refractivity contribution is 0.737. The summed E-state index contributed by atoms with van der Waals surface area (Å²) in [5.41, 5.74) is 0. The molecule has 0 aromatic heterocycles. The Morgan fingerprint density at radius 1 is 0.526 bits per heavy atom. The first-order valence-electron chi connectivity index (χ1n) is 9.06. The second-order valence-electron chi connectivity index (χ2n) is 6.27. The van der Waals surface area contributed by atoms with Crippen molar-refractivity contribution in [1.29, 1.82) is 0 Å². The van der Waals surface area contributed by atoms with Crippen molar-refractivity contribution >= 4 is 0 Å². The lowest BCUT2D eigenvalue weighted by atomic mass is 10.3. The molecular weight excluding hydrogens is 228 g/mol. The van der Waals surface area contributed by atoms with Crippen LogP contribution < -0.4 is 0 Å². The Bertz CT molecular complexity index is 83.5. The molecule has 19 heavy (non-hydrogen) atoms. The molecule has 2 rings (SSSR count). The van der Waals surface area contributed by atoms with E-state index >= 15 is 0 Å². The fourth-order valence-corrected chi connectivity index (χ4v) is 0.884. The van der Waals surface area contributed by atoms with Crippen LogP contribution in [0.25, 0.3) is 0 Å². The van der Waals surface area contributed by atoms with Crippen molar-refractivity contribution < 1.29 is 0 Å². The molecule has 120 valence electrons. The maximum Gasteiger partial charge on any atom is -0.0500 e. The predicted molar refractivity (Wildman–Crippen MR) is 94.0 cm³/mol. The van der Waals surface area contributed by atoms with Crippen molar-refractivity contribution in [2.75, 3.05) is 0 Å². The molecule has 0 unspecified atom stereocenters. The highest BCUT2D eigenvalue weighted by molar-refractivity contribution is 4.51. The second kappa shape index (κ2) is 26.5. The standard InChI is InChI=1S/C5H10.2C4H10.C3H6.C3H8/c1-2-4-5-3-1;1-4(2)3;1-3-4-2;1-2-3-1;1-3-2/h1-5H2;4H,1-3H3;3-4H2,1-2H3;1-3H2;3H2,1-2H3. The van der Waals surface area contributed by atoms with Gasteiger partial charge in [0.2, 0.25) is 0 Å². The van der Waals surface area contributed by atoms with Gasteiger partial charge in [0.25, 0.3) is 0 Å².